The molecular weight excluding hydrogens is 459 g/mol. The molecule has 0 saturated carbocycles. The number of hydrogen-bond acceptors (Lipinski definition) is 3. The molecule has 3 aromatic rings. The van der Waals surface area contributed by atoms with Crippen molar-refractivity contribution in [3.05, 3.63) is 76.3 Å². The summed E-state index contributed by atoms with van der Waals surface area (Å²) in [6, 6.07) is 13.9. The molecule has 0 aliphatic carbocycles. The summed E-state index contributed by atoms with van der Waals surface area (Å²) in [5.74, 6) is -0.523. The highest BCUT2D eigenvalue weighted by Gasteiger charge is 2.41. The number of rotatable bonds is 4. The van der Waals surface area contributed by atoms with Gasteiger partial charge in [-0.2, -0.15) is 13.2 Å². The molecule has 158 valence electrons. The lowest BCUT2D eigenvalue weighted by Crippen LogP contribution is -2.28. The summed E-state index contributed by atoms with van der Waals surface area (Å²) in [6.45, 7) is 5.28. The fourth-order valence-corrected chi connectivity index (χ4v) is 3.37. The molecule has 0 aliphatic rings. The van der Waals surface area contributed by atoms with Gasteiger partial charge in [-0.1, -0.05) is 52.3 Å². The first-order chi connectivity index (χ1) is 14.0. The van der Waals surface area contributed by atoms with E-state index in [0.717, 1.165) is 0 Å². The molecule has 0 amide bonds. The number of carbonyl (C=O) groups is 1. The highest BCUT2D eigenvalue weighted by Crippen LogP contribution is 2.38. The molecule has 0 aromatic heterocycles. The van der Waals surface area contributed by atoms with Crippen molar-refractivity contribution in [2.45, 2.75) is 38.6 Å². The lowest BCUT2D eigenvalue weighted by Gasteiger charge is -2.25. The topological polar surface area (TPSA) is 38.3 Å². The number of hydrogen-bond donors (Lipinski definition) is 1. The molecule has 1 N–H and O–H groups in total. The molecule has 0 saturated heterocycles. The van der Waals surface area contributed by atoms with E-state index in [0.29, 0.717) is 20.8 Å². The molecule has 0 fully saturated rings. The summed E-state index contributed by atoms with van der Waals surface area (Å²) in [5, 5.41) is 3.65. The molecule has 0 radical (unpaired) electrons. The molecule has 7 heteroatoms. The van der Waals surface area contributed by atoms with Crippen LogP contribution in [0.15, 0.2) is 65.1 Å². The first-order valence-electron chi connectivity index (χ1n) is 9.29. The lowest BCUT2D eigenvalue weighted by atomic mass is 10.0. The summed E-state index contributed by atoms with van der Waals surface area (Å²) in [4.78, 5) is 12.6. The minimum Gasteiger partial charge on any atom is -0.456 e. The Morgan fingerprint density at radius 3 is 2.10 bits per heavy atom. The second kappa shape index (κ2) is 8.30. The Morgan fingerprint density at radius 2 is 1.53 bits per heavy atom. The third-order valence-corrected chi connectivity index (χ3v) is 4.90. The van der Waals surface area contributed by atoms with Crippen LogP contribution in [0, 0.1) is 0 Å². The van der Waals surface area contributed by atoms with E-state index in [2.05, 4.69) is 21.2 Å². The van der Waals surface area contributed by atoms with Gasteiger partial charge in [-0.15, -0.1) is 0 Å². The van der Waals surface area contributed by atoms with Crippen LogP contribution in [0.1, 0.15) is 42.7 Å². The van der Waals surface area contributed by atoms with Gasteiger partial charge < -0.3 is 10.1 Å². The maximum absolute atomic E-state index is 13.8. The average molecular weight is 480 g/mol. The van der Waals surface area contributed by atoms with Crippen molar-refractivity contribution in [3.8, 4) is 0 Å². The summed E-state index contributed by atoms with van der Waals surface area (Å²) in [7, 11) is 0. The first kappa shape index (κ1) is 22.2. The van der Waals surface area contributed by atoms with Crippen molar-refractivity contribution in [2.75, 3.05) is 5.32 Å². The number of anilines is 1. The van der Waals surface area contributed by atoms with E-state index in [1.807, 2.05) is 0 Å². The maximum atomic E-state index is 13.8. The Kier molecular flexibility index (Phi) is 6.13. The Hall–Kier alpha value is -2.54. The third kappa shape index (κ3) is 5.14. The Bertz CT molecular complexity index is 1060. The van der Waals surface area contributed by atoms with Gasteiger partial charge in [0.2, 0.25) is 0 Å². The molecule has 3 nitrogen and oxygen atoms in total. The highest BCUT2D eigenvalue weighted by molar-refractivity contribution is 9.10. The van der Waals surface area contributed by atoms with Crippen LogP contribution in [-0.4, -0.2) is 17.7 Å². The summed E-state index contributed by atoms with van der Waals surface area (Å²) in [5.41, 5.74) is -0.00892. The van der Waals surface area contributed by atoms with Gasteiger partial charge in [0, 0.05) is 15.5 Å². The summed E-state index contributed by atoms with van der Waals surface area (Å²) in [6.07, 6.45) is -4.52. The predicted molar refractivity (Wildman–Crippen MR) is 116 cm³/mol. The zero-order valence-electron chi connectivity index (χ0n) is 16.7. The van der Waals surface area contributed by atoms with E-state index in [4.69, 9.17) is 4.74 Å². The van der Waals surface area contributed by atoms with Crippen LogP contribution in [0.3, 0.4) is 0 Å². The van der Waals surface area contributed by atoms with Gasteiger partial charge in [-0.25, -0.2) is 4.79 Å². The quantitative estimate of drug-likeness (QED) is 0.399. The van der Waals surface area contributed by atoms with E-state index >= 15 is 0 Å². The van der Waals surface area contributed by atoms with E-state index < -0.39 is 23.8 Å². The van der Waals surface area contributed by atoms with Gasteiger partial charge >= 0.3 is 12.1 Å². The van der Waals surface area contributed by atoms with E-state index in [9.17, 15) is 18.0 Å². The van der Waals surface area contributed by atoms with Crippen LogP contribution < -0.4 is 5.32 Å². The summed E-state index contributed by atoms with van der Waals surface area (Å²) >= 11 is 3.24. The average Bonchev–Trinajstić information content (AvgIpc) is 2.64. The van der Waals surface area contributed by atoms with Crippen molar-refractivity contribution in [1.29, 1.82) is 0 Å². The van der Waals surface area contributed by atoms with Crippen LogP contribution in [0.2, 0.25) is 0 Å². The molecule has 3 rings (SSSR count). The zero-order chi connectivity index (χ0) is 22.1. The zero-order valence-corrected chi connectivity index (χ0v) is 18.3. The Morgan fingerprint density at radius 1 is 0.933 bits per heavy atom. The van der Waals surface area contributed by atoms with Gasteiger partial charge in [0.15, 0.2) is 0 Å². The molecule has 3 aromatic carbocycles. The smallest absolute Gasteiger partial charge is 0.412 e. The number of fused-ring (bicyclic) bond motifs is 1. The number of carbonyl (C=O) groups excluding carboxylic acids is 1. The largest absolute Gasteiger partial charge is 0.456 e. The van der Waals surface area contributed by atoms with E-state index in [-0.39, 0.29) is 11.3 Å². The fraction of sp³-hybridized carbons (Fsp3) is 0.261. The van der Waals surface area contributed by atoms with Crippen molar-refractivity contribution >= 4 is 38.4 Å². The standard InChI is InChI=1S/C23H21BrF3NO2/c1-22(2,3)30-21(29)18-12-13-19(17-7-5-4-6-16(17)18)28-20(23(25,26)27)14-8-10-15(24)11-9-14/h4-13,20,28H,1-3H3. The fourth-order valence-electron chi connectivity index (χ4n) is 3.10. The van der Waals surface area contributed by atoms with Gasteiger partial charge in [0.05, 0.1) is 5.56 Å². The molecule has 1 unspecified atom stereocenters. The van der Waals surface area contributed by atoms with Crippen LogP contribution in [-0.2, 0) is 4.74 Å². The van der Waals surface area contributed by atoms with Crippen LogP contribution in [0.5, 0.6) is 0 Å². The Balaban J connectivity index is 2.04. The van der Waals surface area contributed by atoms with Crippen molar-refractivity contribution in [3.63, 3.8) is 0 Å². The molecule has 0 heterocycles. The van der Waals surface area contributed by atoms with Crippen LogP contribution >= 0.6 is 15.9 Å². The number of benzene rings is 3. The molecule has 30 heavy (non-hydrogen) atoms. The third-order valence-electron chi connectivity index (χ3n) is 4.37. The van der Waals surface area contributed by atoms with Gasteiger partial charge in [-0.3, -0.25) is 0 Å². The van der Waals surface area contributed by atoms with Crippen molar-refractivity contribution in [2.24, 2.45) is 0 Å². The normalized spacial score (nSPS) is 13.2. The first-order valence-corrected chi connectivity index (χ1v) is 10.1. The number of alkyl halides is 3. The van der Waals surface area contributed by atoms with Crippen molar-refractivity contribution < 1.29 is 22.7 Å². The second-order valence-corrected chi connectivity index (χ2v) is 8.79. The van der Waals surface area contributed by atoms with Crippen LogP contribution in [0.25, 0.3) is 10.8 Å². The van der Waals surface area contributed by atoms with Gasteiger partial charge in [0.1, 0.15) is 11.6 Å². The number of ether oxygens (including phenoxy) is 1. The minimum absolute atomic E-state index is 0.0889. The number of esters is 1. The van der Waals surface area contributed by atoms with Crippen LogP contribution in [0.4, 0.5) is 18.9 Å². The van der Waals surface area contributed by atoms with E-state index in [1.165, 1.54) is 24.3 Å². The van der Waals surface area contributed by atoms with E-state index in [1.54, 1.807) is 57.2 Å². The monoisotopic (exact) mass is 479 g/mol. The summed E-state index contributed by atoms with van der Waals surface area (Å²) < 4.78 is 47.6. The SMILES string of the molecule is CC(C)(C)OC(=O)c1ccc(NC(c2ccc(Br)cc2)C(F)(F)F)c2ccccc12. The number of nitrogens with one attached hydrogen (secondary N) is 1. The molecule has 1 atom stereocenters. The second-order valence-electron chi connectivity index (χ2n) is 7.88. The minimum atomic E-state index is -4.52. The van der Waals surface area contributed by atoms with Gasteiger partial charge in [0.25, 0.3) is 0 Å². The molecule has 0 aliphatic heterocycles. The lowest BCUT2D eigenvalue weighted by molar-refractivity contribution is -0.143. The highest BCUT2D eigenvalue weighted by atomic mass is 79.9. The molecular formula is C23H21BrF3NO2. The maximum Gasteiger partial charge on any atom is 0.412 e. The predicted octanol–water partition coefficient (Wildman–Crippen LogP) is 7.27. The number of halogens is 4. The Labute approximate surface area is 181 Å². The molecule has 0 spiro atoms. The van der Waals surface area contributed by atoms with Gasteiger partial charge in [-0.05, 0) is 56.0 Å². The van der Waals surface area contributed by atoms with Crippen molar-refractivity contribution in [1.82, 2.24) is 0 Å². The molecule has 0 bridgehead atoms.